The van der Waals surface area contributed by atoms with E-state index in [1.54, 1.807) is 4.68 Å². The molecule has 0 aliphatic heterocycles. The van der Waals surface area contributed by atoms with Gasteiger partial charge in [-0.1, -0.05) is 23.8 Å². The number of hydrogen-bond acceptors (Lipinski definition) is 2. The SMILES string of the molecule is Cc1cccc(C(=O)Cn2nc(C)cc2C)c1. The van der Waals surface area contributed by atoms with Gasteiger partial charge in [-0.05, 0) is 32.9 Å². The highest BCUT2D eigenvalue weighted by atomic mass is 16.1. The van der Waals surface area contributed by atoms with E-state index in [0.717, 1.165) is 22.5 Å². The van der Waals surface area contributed by atoms with Crippen LogP contribution in [0, 0.1) is 20.8 Å². The Kier molecular flexibility index (Phi) is 3.09. The molecule has 0 fully saturated rings. The van der Waals surface area contributed by atoms with Crippen molar-refractivity contribution in [2.24, 2.45) is 0 Å². The molecule has 0 saturated heterocycles. The van der Waals surface area contributed by atoms with Crippen molar-refractivity contribution in [3.05, 3.63) is 52.8 Å². The molecule has 0 N–H and O–H groups in total. The highest BCUT2D eigenvalue weighted by molar-refractivity contribution is 5.96. The predicted molar refractivity (Wildman–Crippen MR) is 67.2 cm³/mol. The van der Waals surface area contributed by atoms with Crippen LogP contribution in [0.1, 0.15) is 27.3 Å². The minimum absolute atomic E-state index is 0.0971. The lowest BCUT2D eigenvalue weighted by molar-refractivity contribution is 0.0966. The first-order chi connectivity index (χ1) is 8.06. The number of aromatic nitrogens is 2. The van der Waals surface area contributed by atoms with Crippen LogP contribution in [0.2, 0.25) is 0 Å². The summed E-state index contributed by atoms with van der Waals surface area (Å²) in [6.07, 6.45) is 0. The Morgan fingerprint density at radius 1 is 1.24 bits per heavy atom. The van der Waals surface area contributed by atoms with E-state index in [9.17, 15) is 4.79 Å². The maximum atomic E-state index is 12.1. The van der Waals surface area contributed by atoms with Crippen LogP contribution in [0.5, 0.6) is 0 Å². The molecule has 0 aliphatic carbocycles. The summed E-state index contributed by atoms with van der Waals surface area (Å²) in [5.41, 5.74) is 3.81. The van der Waals surface area contributed by atoms with Crippen molar-refractivity contribution in [3.63, 3.8) is 0 Å². The van der Waals surface area contributed by atoms with E-state index in [4.69, 9.17) is 0 Å². The molecule has 1 aromatic heterocycles. The van der Waals surface area contributed by atoms with E-state index in [2.05, 4.69) is 5.10 Å². The molecule has 2 rings (SSSR count). The Morgan fingerprint density at radius 3 is 2.59 bits per heavy atom. The summed E-state index contributed by atoms with van der Waals surface area (Å²) in [6, 6.07) is 9.63. The van der Waals surface area contributed by atoms with Gasteiger partial charge in [0.25, 0.3) is 0 Å². The second kappa shape index (κ2) is 4.53. The van der Waals surface area contributed by atoms with Gasteiger partial charge >= 0.3 is 0 Å². The Morgan fingerprint density at radius 2 is 2.00 bits per heavy atom. The number of carbonyl (C=O) groups excluding carboxylic acids is 1. The number of ketones is 1. The van der Waals surface area contributed by atoms with Gasteiger partial charge in [-0.25, -0.2) is 0 Å². The summed E-state index contributed by atoms with van der Waals surface area (Å²) in [5.74, 6) is 0.0971. The van der Waals surface area contributed by atoms with Crippen LogP contribution in [-0.2, 0) is 6.54 Å². The van der Waals surface area contributed by atoms with Crippen LogP contribution in [0.25, 0.3) is 0 Å². The predicted octanol–water partition coefficient (Wildman–Crippen LogP) is 2.69. The fourth-order valence-corrected chi connectivity index (χ4v) is 1.88. The zero-order valence-corrected chi connectivity index (χ0v) is 10.4. The fourth-order valence-electron chi connectivity index (χ4n) is 1.88. The van der Waals surface area contributed by atoms with Crippen molar-refractivity contribution in [2.75, 3.05) is 0 Å². The molecule has 1 aromatic carbocycles. The third-order valence-corrected chi connectivity index (χ3v) is 2.74. The van der Waals surface area contributed by atoms with E-state index < -0.39 is 0 Å². The topological polar surface area (TPSA) is 34.9 Å². The third kappa shape index (κ3) is 2.61. The maximum absolute atomic E-state index is 12.1. The summed E-state index contributed by atoms with van der Waals surface area (Å²) in [4.78, 5) is 12.1. The minimum Gasteiger partial charge on any atom is -0.292 e. The van der Waals surface area contributed by atoms with Gasteiger partial charge in [-0.2, -0.15) is 5.10 Å². The van der Waals surface area contributed by atoms with Crippen molar-refractivity contribution < 1.29 is 4.79 Å². The van der Waals surface area contributed by atoms with Crippen molar-refractivity contribution in [1.82, 2.24) is 9.78 Å². The zero-order chi connectivity index (χ0) is 12.4. The van der Waals surface area contributed by atoms with Crippen LogP contribution in [0.15, 0.2) is 30.3 Å². The number of nitrogens with zero attached hydrogens (tertiary/aromatic N) is 2. The summed E-state index contributed by atoms with van der Waals surface area (Å²) in [7, 11) is 0. The molecule has 17 heavy (non-hydrogen) atoms. The average Bonchev–Trinajstić information content (AvgIpc) is 2.57. The maximum Gasteiger partial charge on any atom is 0.184 e. The normalized spacial score (nSPS) is 10.5. The summed E-state index contributed by atoms with van der Waals surface area (Å²) in [5, 5.41) is 4.29. The van der Waals surface area contributed by atoms with E-state index in [1.807, 2.05) is 51.1 Å². The van der Waals surface area contributed by atoms with Gasteiger partial charge in [0, 0.05) is 11.3 Å². The minimum atomic E-state index is 0.0971. The lowest BCUT2D eigenvalue weighted by Crippen LogP contribution is -2.13. The molecule has 0 saturated carbocycles. The largest absolute Gasteiger partial charge is 0.292 e. The number of aryl methyl sites for hydroxylation is 3. The highest BCUT2D eigenvalue weighted by Crippen LogP contribution is 2.08. The Balaban J connectivity index is 2.20. The molecule has 0 radical (unpaired) electrons. The Hall–Kier alpha value is -1.90. The lowest BCUT2D eigenvalue weighted by atomic mass is 10.1. The summed E-state index contributed by atoms with van der Waals surface area (Å²) in [6.45, 7) is 6.19. The Labute approximate surface area is 101 Å². The lowest BCUT2D eigenvalue weighted by Gasteiger charge is -2.04. The second-order valence-corrected chi connectivity index (χ2v) is 4.38. The standard InChI is InChI=1S/C14H16N2O/c1-10-5-4-6-13(7-10)14(17)9-16-12(3)8-11(2)15-16/h4-8H,9H2,1-3H3. The molecule has 0 atom stereocenters. The van der Waals surface area contributed by atoms with Gasteiger partial charge in [0.15, 0.2) is 5.78 Å². The molecule has 0 aliphatic rings. The van der Waals surface area contributed by atoms with Crippen LogP contribution in [0.3, 0.4) is 0 Å². The van der Waals surface area contributed by atoms with Crippen molar-refractivity contribution in [3.8, 4) is 0 Å². The molecule has 88 valence electrons. The van der Waals surface area contributed by atoms with Crippen molar-refractivity contribution >= 4 is 5.78 Å². The molecular weight excluding hydrogens is 212 g/mol. The molecule has 3 nitrogen and oxygen atoms in total. The summed E-state index contributed by atoms with van der Waals surface area (Å²) >= 11 is 0. The monoisotopic (exact) mass is 228 g/mol. The molecule has 0 unspecified atom stereocenters. The number of hydrogen-bond donors (Lipinski definition) is 0. The fraction of sp³-hybridized carbons (Fsp3) is 0.286. The molecular formula is C14H16N2O. The molecule has 0 spiro atoms. The Bertz CT molecular complexity index is 555. The second-order valence-electron chi connectivity index (χ2n) is 4.38. The van der Waals surface area contributed by atoms with Gasteiger partial charge in [0.1, 0.15) is 6.54 Å². The molecule has 0 amide bonds. The molecule has 3 heteroatoms. The smallest absolute Gasteiger partial charge is 0.184 e. The third-order valence-electron chi connectivity index (χ3n) is 2.74. The quantitative estimate of drug-likeness (QED) is 0.757. The van der Waals surface area contributed by atoms with E-state index in [-0.39, 0.29) is 5.78 Å². The first-order valence-electron chi connectivity index (χ1n) is 5.67. The van der Waals surface area contributed by atoms with E-state index in [1.165, 1.54) is 0 Å². The van der Waals surface area contributed by atoms with E-state index >= 15 is 0 Å². The van der Waals surface area contributed by atoms with Crippen LogP contribution < -0.4 is 0 Å². The van der Waals surface area contributed by atoms with Gasteiger partial charge in [0.2, 0.25) is 0 Å². The van der Waals surface area contributed by atoms with Gasteiger partial charge in [-0.3, -0.25) is 9.48 Å². The average molecular weight is 228 g/mol. The van der Waals surface area contributed by atoms with E-state index in [0.29, 0.717) is 6.54 Å². The van der Waals surface area contributed by atoms with Crippen molar-refractivity contribution in [2.45, 2.75) is 27.3 Å². The van der Waals surface area contributed by atoms with Crippen LogP contribution >= 0.6 is 0 Å². The van der Waals surface area contributed by atoms with Gasteiger partial charge in [-0.15, -0.1) is 0 Å². The summed E-state index contributed by atoms with van der Waals surface area (Å²) < 4.78 is 1.75. The van der Waals surface area contributed by atoms with Crippen LogP contribution in [-0.4, -0.2) is 15.6 Å². The molecule has 2 aromatic rings. The molecule has 0 bridgehead atoms. The highest BCUT2D eigenvalue weighted by Gasteiger charge is 2.09. The van der Waals surface area contributed by atoms with Gasteiger partial charge in [0.05, 0.1) is 5.69 Å². The first-order valence-corrected chi connectivity index (χ1v) is 5.67. The molecule has 1 heterocycles. The number of rotatable bonds is 3. The number of carbonyl (C=O) groups is 1. The number of benzene rings is 1. The van der Waals surface area contributed by atoms with Gasteiger partial charge < -0.3 is 0 Å². The van der Waals surface area contributed by atoms with Crippen molar-refractivity contribution in [1.29, 1.82) is 0 Å². The zero-order valence-electron chi connectivity index (χ0n) is 10.4. The number of Topliss-reactive ketones (excluding diaryl/α,β-unsaturated/α-hetero) is 1. The first kappa shape index (κ1) is 11.6. The van der Waals surface area contributed by atoms with Crippen LogP contribution in [0.4, 0.5) is 0 Å².